The van der Waals surface area contributed by atoms with Gasteiger partial charge < -0.3 is 14.6 Å². The number of benzene rings is 1. The molecule has 0 aliphatic carbocycles. The van der Waals surface area contributed by atoms with Crippen LogP contribution in [0.1, 0.15) is 24.7 Å². The average molecular weight is 332 g/mol. The minimum atomic E-state index is -0.288. The first-order valence-electron chi connectivity index (χ1n) is 7.48. The van der Waals surface area contributed by atoms with Gasteiger partial charge in [-0.2, -0.15) is 0 Å². The molecule has 1 atom stereocenters. The molecule has 2 heterocycles. The molecule has 0 saturated carbocycles. The molecule has 2 aromatic rings. The van der Waals surface area contributed by atoms with E-state index in [1.54, 1.807) is 23.3 Å². The van der Waals surface area contributed by atoms with E-state index in [0.717, 1.165) is 24.1 Å². The maximum Gasteiger partial charge on any atom is 0.285 e. The average Bonchev–Trinajstić information content (AvgIpc) is 3.05. The van der Waals surface area contributed by atoms with Crippen LogP contribution in [0, 0.1) is 5.82 Å². The minimum Gasteiger partial charge on any atom is -0.467 e. The second-order valence-electron chi connectivity index (χ2n) is 5.60. The summed E-state index contributed by atoms with van der Waals surface area (Å²) in [6, 6.07) is 8.11. The molecule has 1 aromatic carbocycles. The van der Waals surface area contributed by atoms with Gasteiger partial charge in [-0.3, -0.25) is 4.79 Å². The number of halogens is 1. The van der Waals surface area contributed by atoms with Crippen LogP contribution in [0.25, 0.3) is 0 Å². The molecule has 0 fully saturated rings. The zero-order chi connectivity index (χ0) is 16.4. The number of amides is 1. The second kappa shape index (κ2) is 6.50. The van der Waals surface area contributed by atoms with Crippen LogP contribution < -0.4 is 10.2 Å². The zero-order valence-electron chi connectivity index (χ0n) is 12.7. The first kappa shape index (κ1) is 15.7. The first-order valence-corrected chi connectivity index (χ1v) is 7.89. The number of nitrogens with zero attached hydrogens (tertiary/aromatic N) is 1. The molecule has 0 bridgehead atoms. The molecule has 0 radical (unpaired) electrons. The highest BCUT2D eigenvalue weighted by molar-refractivity contribution is 7.82. The van der Waals surface area contributed by atoms with Crippen LogP contribution in [0.3, 0.4) is 0 Å². The third kappa shape index (κ3) is 3.27. The normalized spacial score (nSPS) is 16.8. The summed E-state index contributed by atoms with van der Waals surface area (Å²) < 4.78 is 18.6. The lowest BCUT2D eigenvalue weighted by Crippen LogP contribution is -2.48. The molecule has 0 saturated heterocycles. The molecule has 1 N–H and O–H groups in total. The first-order chi connectivity index (χ1) is 11.1. The molecule has 1 aliphatic heterocycles. The number of aryl methyl sites for hydroxylation is 1. The molecule has 4 nitrogen and oxygen atoms in total. The summed E-state index contributed by atoms with van der Waals surface area (Å²) in [6.45, 7) is 2.33. The number of thiocarbonyl (C=S) groups is 1. The highest BCUT2D eigenvalue weighted by Crippen LogP contribution is 2.31. The molecule has 0 spiro atoms. The second-order valence-corrected chi connectivity index (χ2v) is 6.01. The van der Waals surface area contributed by atoms with Gasteiger partial charge in [0.2, 0.25) is 0 Å². The van der Waals surface area contributed by atoms with Gasteiger partial charge in [-0.1, -0.05) is 12.2 Å². The van der Waals surface area contributed by atoms with E-state index in [1.165, 1.54) is 12.1 Å². The van der Waals surface area contributed by atoms with Crippen molar-refractivity contribution in [2.24, 2.45) is 0 Å². The van der Waals surface area contributed by atoms with Crippen LogP contribution in [-0.4, -0.2) is 16.9 Å². The van der Waals surface area contributed by atoms with Gasteiger partial charge in [0.15, 0.2) is 4.99 Å². The molecule has 6 heteroatoms. The quantitative estimate of drug-likeness (QED) is 0.858. The number of nitrogens with one attached hydrogen (secondary N) is 1. The summed E-state index contributed by atoms with van der Waals surface area (Å²) in [6.07, 6.45) is 3.10. The van der Waals surface area contributed by atoms with Gasteiger partial charge in [0.25, 0.3) is 5.91 Å². The summed E-state index contributed by atoms with van der Waals surface area (Å²) in [7, 11) is 0. The number of hydrogen-bond donors (Lipinski definition) is 1. The number of fused-ring (bicyclic) bond motifs is 1. The maximum atomic E-state index is 13.4. The monoisotopic (exact) mass is 332 g/mol. The van der Waals surface area contributed by atoms with Crippen LogP contribution in [0.5, 0.6) is 0 Å². The molecule has 1 aliphatic rings. The predicted molar refractivity (Wildman–Crippen MR) is 89.8 cm³/mol. The Balaban J connectivity index is 1.77. The SMILES string of the molecule is CC1CCc2cc(F)ccc2N1C(=O)C(=S)NCc1ccco1. The molecule has 1 unspecified atom stereocenters. The van der Waals surface area contributed by atoms with Crippen molar-refractivity contribution in [3.05, 3.63) is 53.7 Å². The smallest absolute Gasteiger partial charge is 0.285 e. The maximum absolute atomic E-state index is 13.4. The number of anilines is 1. The van der Waals surface area contributed by atoms with Crippen LogP contribution in [0.4, 0.5) is 10.1 Å². The minimum absolute atomic E-state index is 0.0174. The third-order valence-corrected chi connectivity index (χ3v) is 4.31. The Morgan fingerprint density at radius 2 is 2.30 bits per heavy atom. The fraction of sp³-hybridized carbons (Fsp3) is 0.294. The zero-order valence-corrected chi connectivity index (χ0v) is 13.5. The fourth-order valence-electron chi connectivity index (χ4n) is 2.80. The molecule has 1 amide bonds. The summed E-state index contributed by atoms with van der Waals surface area (Å²) in [4.78, 5) is 14.5. The number of rotatable bonds is 2. The predicted octanol–water partition coefficient (Wildman–Crippen LogP) is 3.20. The van der Waals surface area contributed by atoms with E-state index in [1.807, 2.05) is 13.0 Å². The van der Waals surface area contributed by atoms with Crippen molar-refractivity contribution in [3.63, 3.8) is 0 Å². The standard InChI is InChI=1S/C17H17FN2O2S/c1-11-4-5-12-9-13(18)6-7-15(12)20(11)17(21)16(23)19-10-14-3-2-8-22-14/h2-3,6-9,11H,4-5,10H2,1H3,(H,19,23). The van der Waals surface area contributed by atoms with Crippen LogP contribution in [-0.2, 0) is 17.8 Å². The Bertz CT molecular complexity index is 730. The lowest BCUT2D eigenvalue weighted by atomic mass is 9.96. The van der Waals surface area contributed by atoms with Gasteiger partial charge in [-0.25, -0.2) is 4.39 Å². The fourth-order valence-corrected chi connectivity index (χ4v) is 2.97. The van der Waals surface area contributed by atoms with Gasteiger partial charge in [0.05, 0.1) is 12.8 Å². The number of hydrogen-bond acceptors (Lipinski definition) is 3. The van der Waals surface area contributed by atoms with Gasteiger partial charge >= 0.3 is 0 Å². The number of carbonyl (C=O) groups is 1. The topological polar surface area (TPSA) is 45.5 Å². The highest BCUT2D eigenvalue weighted by Gasteiger charge is 2.30. The molecule has 120 valence electrons. The van der Waals surface area contributed by atoms with Crippen molar-refractivity contribution < 1.29 is 13.6 Å². The van der Waals surface area contributed by atoms with Gasteiger partial charge in [0, 0.05) is 11.7 Å². The summed E-state index contributed by atoms with van der Waals surface area (Å²) >= 11 is 5.22. The Kier molecular flexibility index (Phi) is 4.43. The molecule has 1 aromatic heterocycles. The van der Waals surface area contributed by atoms with Gasteiger partial charge in [-0.05, 0) is 55.7 Å². The van der Waals surface area contributed by atoms with E-state index < -0.39 is 0 Å². The van der Waals surface area contributed by atoms with Crippen molar-refractivity contribution in [1.82, 2.24) is 5.32 Å². The summed E-state index contributed by atoms with van der Waals surface area (Å²) in [5.41, 5.74) is 1.57. The highest BCUT2D eigenvalue weighted by atomic mass is 32.1. The molecular weight excluding hydrogens is 315 g/mol. The van der Waals surface area contributed by atoms with Crippen molar-refractivity contribution in [3.8, 4) is 0 Å². The van der Waals surface area contributed by atoms with E-state index in [0.29, 0.717) is 12.3 Å². The van der Waals surface area contributed by atoms with Gasteiger partial charge in [-0.15, -0.1) is 0 Å². The van der Waals surface area contributed by atoms with Crippen molar-refractivity contribution in [1.29, 1.82) is 0 Å². The molecule has 23 heavy (non-hydrogen) atoms. The molecule has 3 rings (SSSR count). The van der Waals surface area contributed by atoms with E-state index >= 15 is 0 Å². The van der Waals surface area contributed by atoms with Crippen molar-refractivity contribution >= 4 is 28.8 Å². The van der Waals surface area contributed by atoms with E-state index in [9.17, 15) is 9.18 Å². The van der Waals surface area contributed by atoms with Crippen LogP contribution in [0.2, 0.25) is 0 Å². The largest absolute Gasteiger partial charge is 0.467 e. The summed E-state index contributed by atoms with van der Waals surface area (Å²) in [5, 5.41) is 2.92. The summed E-state index contributed by atoms with van der Waals surface area (Å²) in [5.74, 6) is 0.144. The van der Waals surface area contributed by atoms with Crippen molar-refractivity contribution in [2.45, 2.75) is 32.4 Å². The van der Waals surface area contributed by atoms with Gasteiger partial charge in [0.1, 0.15) is 11.6 Å². The Morgan fingerprint density at radius 3 is 3.04 bits per heavy atom. The van der Waals surface area contributed by atoms with E-state index in [2.05, 4.69) is 5.32 Å². The Labute approximate surface area is 139 Å². The van der Waals surface area contributed by atoms with Crippen LogP contribution >= 0.6 is 12.2 Å². The Morgan fingerprint density at radius 1 is 1.48 bits per heavy atom. The lowest BCUT2D eigenvalue weighted by Gasteiger charge is -2.35. The van der Waals surface area contributed by atoms with Crippen molar-refractivity contribution in [2.75, 3.05) is 4.90 Å². The van der Waals surface area contributed by atoms with Crippen LogP contribution in [0.15, 0.2) is 41.0 Å². The third-order valence-electron chi connectivity index (χ3n) is 3.99. The van der Waals surface area contributed by atoms with E-state index in [4.69, 9.17) is 16.6 Å². The lowest BCUT2D eigenvalue weighted by molar-refractivity contribution is -0.113. The number of furan rings is 1. The Hall–Kier alpha value is -2.21. The number of carbonyl (C=O) groups excluding carboxylic acids is 1. The molecular formula is C17H17FN2O2S. The van der Waals surface area contributed by atoms with E-state index in [-0.39, 0.29) is 22.8 Å².